The standard InChI is InChI=1S/C15H13Cl2N3OS/c1-19(15-18-7-10-22-15)8-9-20(17)14(21)6-5-12-3-2-4-13(16)11-12/h2-4,7,10-11H,8-9H2,1H3. The smallest absolute Gasteiger partial charge is 0.313 e. The molecule has 4 nitrogen and oxygen atoms in total. The van der Waals surface area contributed by atoms with Crippen molar-refractivity contribution < 1.29 is 4.79 Å². The Balaban J connectivity index is 1.87. The molecule has 0 bridgehead atoms. The van der Waals surface area contributed by atoms with Crippen molar-refractivity contribution in [1.82, 2.24) is 9.40 Å². The van der Waals surface area contributed by atoms with Crippen molar-refractivity contribution >= 4 is 45.8 Å². The molecule has 0 N–H and O–H groups in total. The normalized spacial score (nSPS) is 9.77. The van der Waals surface area contributed by atoms with Gasteiger partial charge in [0.1, 0.15) is 0 Å². The lowest BCUT2D eigenvalue weighted by Gasteiger charge is -2.18. The van der Waals surface area contributed by atoms with Crippen molar-refractivity contribution in [3.8, 4) is 11.8 Å². The van der Waals surface area contributed by atoms with Crippen LogP contribution < -0.4 is 4.90 Å². The molecule has 0 aliphatic heterocycles. The lowest BCUT2D eigenvalue weighted by Crippen LogP contribution is -2.30. The molecular formula is C15H13Cl2N3OS. The number of anilines is 1. The highest BCUT2D eigenvalue weighted by molar-refractivity contribution is 7.13. The van der Waals surface area contributed by atoms with Crippen LogP contribution in [0, 0.1) is 11.8 Å². The number of aromatic nitrogens is 1. The first-order valence-electron chi connectivity index (χ1n) is 6.42. The number of rotatable bonds is 4. The summed E-state index contributed by atoms with van der Waals surface area (Å²) in [6, 6.07) is 6.99. The van der Waals surface area contributed by atoms with Crippen LogP contribution in [0.15, 0.2) is 35.8 Å². The molecule has 0 fully saturated rings. The van der Waals surface area contributed by atoms with Crippen LogP contribution in [-0.2, 0) is 4.79 Å². The Morgan fingerprint density at radius 1 is 1.41 bits per heavy atom. The number of thiazole rings is 1. The van der Waals surface area contributed by atoms with Gasteiger partial charge in [-0.2, -0.15) is 0 Å². The molecule has 2 rings (SSSR count). The summed E-state index contributed by atoms with van der Waals surface area (Å²) in [5.41, 5.74) is 0.672. The van der Waals surface area contributed by atoms with Gasteiger partial charge in [0.2, 0.25) is 0 Å². The van der Waals surface area contributed by atoms with E-state index in [4.69, 9.17) is 23.4 Å². The first-order chi connectivity index (χ1) is 10.6. The monoisotopic (exact) mass is 353 g/mol. The number of hydrogen-bond donors (Lipinski definition) is 0. The van der Waals surface area contributed by atoms with E-state index in [-0.39, 0.29) is 0 Å². The van der Waals surface area contributed by atoms with Gasteiger partial charge < -0.3 is 4.90 Å². The van der Waals surface area contributed by atoms with Gasteiger partial charge in [0.15, 0.2) is 5.13 Å². The molecule has 0 radical (unpaired) electrons. The number of benzene rings is 1. The summed E-state index contributed by atoms with van der Waals surface area (Å²) >= 11 is 13.3. The number of amides is 1. The number of carbonyl (C=O) groups is 1. The summed E-state index contributed by atoms with van der Waals surface area (Å²) in [5, 5.41) is 3.35. The minimum absolute atomic E-state index is 0.348. The highest BCUT2D eigenvalue weighted by atomic mass is 35.5. The predicted molar refractivity (Wildman–Crippen MR) is 91.3 cm³/mol. The summed E-state index contributed by atoms with van der Waals surface area (Å²) in [6.45, 7) is 0.919. The molecule has 0 saturated heterocycles. The van der Waals surface area contributed by atoms with E-state index in [9.17, 15) is 4.79 Å². The van der Waals surface area contributed by atoms with Crippen LogP contribution in [0.5, 0.6) is 0 Å². The van der Waals surface area contributed by atoms with Gasteiger partial charge >= 0.3 is 5.91 Å². The molecule has 0 spiro atoms. The van der Waals surface area contributed by atoms with Gasteiger partial charge in [0.25, 0.3) is 0 Å². The second-order valence-corrected chi connectivity index (χ2v) is 6.11. The third-order valence-corrected chi connectivity index (χ3v) is 4.18. The zero-order chi connectivity index (χ0) is 15.9. The topological polar surface area (TPSA) is 36.4 Å². The van der Waals surface area contributed by atoms with Crippen LogP contribution >= 0.6 is 34.7 Å². The fourth-order valence-electron chi connectivity index (χ4n) is 1.59. The second-order valence-electron chi connectivity index (χ2n) is 4.39. The Bertz CT molecular complexity index is 694. The number of carbonyl (C=O) groups excluding carboxylic acids is 1. The number of nitrogens with zero attached hydrogens (tertiary/aromatic N) is 3. The third-order valence-electron chi connectivity index (χ3n) is 2.74. The maximum absolute atomic E-state index is 11.9. The molecule has 7 heteroatoms. The van der Waals surface area contributed by atoms with Crippen molar-refractivity contribution in [2.45, 2.75) is 0 Å². The average Bonchev–Trinajstić information content (AvgIpc) is 3.04. The summed E-state index contributed by atoms with van der Waals surface area (Å²) in [5.74, 6) is 4.80. The van der Waals surface area contributed by atoms with Gasteiger partial charge in [-0.15, -0.1) is 11.3 Å². The zero-order valence-electron chi connectivity index (χ0n) is 11.8. The SMILES string of the molecule is CN(CCN(Cl)C(=O)C#Cc1cccc(Cl)c1)c1nccs1. The van der Waals surface area contributed by atoms with E-state index in [1.165, 1.54) is 11.3 Å². The second kappa shape index (κ2) is 8.04. The van der Waals surface area contributed by atoms with E-state index < -0.39 is 5.91 Å². The van der Waals surface area contributed by atoms with Crippen molar-refractivity contribution in [2.75, 3.05) is 25.0 Å². The molecule has 0 unspecified atom stereocenters. The van der Waals surface area contributed by atoms with Crippen LogP contribution in [0.1, 0.15) is 5.56 Å². The molecule has 0 aliphatic rings. The van der Waals surface area contributed by atoms with Crippen molar-refractivity contribution in [1.29, 1.82) is 0 Å². The summed E-state index contributed by atoms with van der Waals surface area (Å²) in [4.78, 5) is 18.0. The van der Waals surface area contributed by atoms with Crippen molar-refractivity contribution in [3.05, 3.63) is 46.4 Å². The Morgan fingerprint density at radius 3 is 2.91 bits per heavy atom. The average molecular weight is 354 g/mol. The number of likely N-dealkylation sites (N-methyl/N-ethyl adjacent to an activating group) is 1. The van der Waals surface area contributed by atoms with Gasteiger partial charge in [0.05, 0.1) is 6.54 Å². The van der Waals surface area contributed by atoms with E-state index in [1.54, 1.807) is 30.5 Å². The summed E-state index contributed by atoms with van der Waals surface area (Å²) in [6.07, 6.45) is 1.73. The predicted octanol–water partition coefficient (Wildman–Crippen LogP) is 3.27. The van der Waals surface area contributed by atoms with Crippen LogP contribution in [0.25, 0.3) is 0 Å². The van der Waals surface area contributed by atoms with Crippen LogP contribution in [0.3, 0.4) is 0 Å². The Hall–Kier alpha value is -1.74. The zero-order valence-corrected chi connectivity index (χ0v) is 14.1. The minimum atomic E-state index is -0.450. The van der Waals surface area contributed by atoms with E-state index in [0.29, 0.717) is 23.7 Å². The first kappa shape index (κ1) is 16.6. The van der Waals surface area contributed by atoms with Gasteiger partial charge in [-0.3, -0.25) is 4.79 Å². The van der Waals surface area contributed by atoms with Crippen LogP contribution in [0.2, 0.25) is 5.02 Å². The molecule has 22 heavy (non-hydrogen) atoms. The lowest BCUT2D eigenvalue weighted by molar-refractivity contribution is -0.120. The first-order valence-corrected chi connectivity index (χ1v) is 8.01. The molecule has 1 heterocycles. The fourth-order valence-corrected chi connectivity index (χ4v) is 2.54. The highest BCUT2D eigenvalue weighted by Gasteiger charge is 2.10. The fraction of sp³-hybridized carbons (Fsp3) is 0.200. The maximum atomic E-state index is 11.9. The third kappa shape index (κ3) is 4.92. The Labute approximate surface area is 143 Å². The Kier molecular flexibility index (Phi) is 6.08. The van der Waals surface area contributed by atoms with Gasteiger partial charge in [-0.1, -0.05) is 23.6 Å². The largest absolute Gasteiger partial charge is 0.349 e. The van der Waals surface area contributed by atoms with Crippen molar-refractivity contribution in [2.24, 2.45) is 0 Å². The number of hydrogen-bond acceptors (Lipinski definition) is 4. The molecule has 0 atom stereocenters. The van der Waals surface area contributed by atoms with E-state index in [1.807, 2.05) is 17.3 Å². The van der Waals surface area contributed by atoms with Gasteiger partial charge in [0, 0.05) is 53.5 Å². The van der Waals surface area contributed by atoms with E-state index in [0.717, 1.165) is 9.55 Å². The van der Waals surface area contributed by atoms with Gasteiger partial charge in [-0.05, 0) is 18.2 Å². The summed E-state index contributed by atoms with van der Waals surface area (Å²) < 4.78 is 1.07. The minimum Gasteiger partial charge on any atom is -0.349 e. The molecule has 2 aromatic rings. The molecular weight excluding hydrogens is 341 g/mol. The molecule has 1 aromatic carbocycles. The van der Waals surface area contributed by atoms with E-state index in [2.05, 4.69) is 16.8 Å². The molecule has 1 aromatic heterocycles. The number of halogens is 2. The molecule has 1 amide bonds. The van der Waals surface area contributed by atoms with Gasteiger partial charge in [-0.25, -0.2) is 9.40 Å². The van der Waals surface area contributed by atoms with Crippen molar-refractivity contribution in [3.63, 3.8) is 0 Å². The quantitative estimate of drug-likeness (QED) is 0.625. The highest BCUT2D eigenvalue weighted by Crippen LogP contribution is 2.15. The molecule has 0 saturated carbocycles. The Morgan fingerprint density at radius 2 is 2.23 bits per heavy atom. The maximum Gasteiger partial charge on any atom is 0.313 e. The molecule has 114 valence electrons. The summed E-state index contributed by atoms with van der Waals surface area (Å²) in [7, 11) is 1.89. The lowest BCUT2D eigenvalue weighted by atomic mass is 10.2. The molecule has 0 aliphatic carbocycles. The van der Waals surface area contributed by atoms with Crippen LogP contribution in [-0.4, -0.2) is 35.4 Å². The van der Waals surface area contributed by atoms with Crippen LogP contribution in [0.4, 0.5) is 5.13 Å². The van der Waals surface area contributed by atoms with E-state index >= 15 is 0 Å².